The van der Waals surface area contributed by atoms with E-state index in [0.717, 1.165) is 33.8 Å². The van der Waals surface area contributed by atoms with E-state index >= 15 is 0 Å². The van der Waals surface area contributed by atoms with Crippen molar-refractivity contribution in [2.75, 3.05) is 13.1 Å². The van der Waals surface area contributed by atoms with Crippen molar-refractivity contribution >= 4 is 6.08 Å². The molecule has 2 aromatic carbocycles. The van der Waals surface area contributed by atoms with Crippen LogP contribution in [0.5, 0.6) is 11.5 Å². The molecule has 34 heavy (non-hydrogen) atoms. The van der Waals surface area contributed by atoms with Gasteiger partial charge in [0, 0.05) is 29.8 Å². The van der Waals surface area contributed by atoms with Gasteiger partial charge in [0.1, 0.15) is 28.9 Å². The minimum atomic E-state index is -0.359. The molecule has 0 saturated heterocycles. The van der Waals surface area contributed by atoms with Crippen LogP contribution in [0.25, 0.3) is 6.08 Å². The van der Waals surface area contributed by atoms with Crippen LogP contribution in [0.2, 0.25) is 0 Å². The maximum atomic E-state index is 9.99. The van der Waals surface area contributed by atoms with Gasteiger partial charge in [-0.15, -0.1) is 0 Å². The SMILES string of the molecule is CC(C)Oc1ccccc1/C=C1\CNCC2=C1OC(N)=C(C#N)C2c1ccccc1OC(C)C. The van der Waals surface area contributed by atoms with Gasteiger partial charge in [-0.05, 0) is 51.5 Å². The van der Waals surface area contributed by atoms with Crippen LogP contribution in [-0.4, -0.2) is 25.3 Å². The molecule has 0 fully saturated rings. The Morgan fingerprint density at radius 3 is 2.35 bits per heavy atom. The van der Waals surface area contributed by atoms with Crippen LogP contribution in [-0.2, 0) is 4.74 Å². The van der Waals surface area contributed by atoms with Crippen molar-refractivity contribution in [3.05, 3.63) is 88.0 Å². The Morgan fingerprint density at radius 2 is 1.65 bits per heavy atom. The molecule has 0 radical (unpaired) electrons. The number of benzene rings is 2. The molecule has 2 aliphatic rings. The Labute approximate surface area is 201 Å². The van der Waals surface area contributed by atoms with Crippen molar-refractivity contribution in [3.8, 4) is 17.6 Å². The standard InChI is InChI=1S/C28H31N3O3/c1-17(2)32-24-11-7-5-9-19(24)13-20-15-31-16-23-26(22(14-29)28(30)34-27(20)23)21-10-6-8-12-25(21)33-18(3)4/h5-13,17-18,26,31H,15-16,30H2,1-4H3/b20-13+. The van der Waals surface area contributed by atoms with Crippen LogP contribution < -0.4 is 20.5 Å². The van der Waals surface area contributed by atoms with E-state index in [1.807, 2.05) is 76.2 Å². The van der Waals surface area contributed by atoms with Gasteiger partial charge in [0.05, 0.1) is 18.1 Å². The van der Waals surface area contributed by atoms with E-state index in [1.165, 1.54) is 0 Å². The number of nitrogens with zero attached hydrogens (tertiary/aromatic N) is 1. The molecule has 0 aromatic heterocycles. The summed E-state index contributed by atoms with van der Waals surface area (Å²) in [5, 5.41) is 13.5. The minimum Gasteiger partial charge on any atom is -0.491 e. The highest BCUT2D eigenvalue weighted by Crippen LogP contribution is 2.45. The van der Waals surface area contributed by atoms with Gasteiger partial charge in [0.25, 0.3) is 0 Å². The number of rotatable bonds is 6. The zero-order valence-corrected chi connectivity index (χ0v) is 20.1. The summed E-state index contributed by atoms with van der Waals surface area (Å²) in [5.41, 5.74) is 10.5. The van der Waals surface area contributed by atoms with Gasteiger partial charge >= 0.3 is 0 Å². The molecule has 0 aliphatic carbocycles. The second-order valence-corrected chi connectivity index (χ2v) is 8.96. The lowest BCUT2D eigenvalue weighted by molar-refractivity contribution is 0.238. The fraction of sp³-hybridized carbons (Fsp3) is 0.321. The number of ether oxygens (including phenoxy) is 3. The molecular weight excluding hydrogens is 426 g/mol. The summed E-state index contributed by atoms with van der Waals surface area (Å²) in [7, 11) is 0. The summed E-state index contributed by atoms with van der Waals surface area (Å²) >= 11 is 0. The van der Waals surface area contributed by atoms with Gasteiger partial charge in [-0.2, -0.15) is 5.26 Å². The molecule has 6 heteroatoms. The average Bonchev–Trinajstić information content (AvgIpc) is 2.80. The maximum absolute atomic E-state index is 9.99. The second kappa shape index (κ2) is 10.1. The number of nitrogens with two attached hydrogens (primary N) is 1. The van der Waals surface area contributed by atoms with Crippen LogP contribution in [0, 0.1) is 11.3 Å². The van der Waals surface area contributed by atoms with Crippen molar-refractivity contribution in [2.45, 2.75) is 45.8 Å². The van der Waals surface area contributed by atoms with Crippen molar-refractivity contribution in [2.24, 2.45) is 5.73 Å². The predicted octanol–water partition coefficient (Wildman–Crippen LogP) is 5.01. The van der Waals surface area contributed by atoms with E-state index < -0.39 is 0 Å². The quantitative estimate of drug-likeness (QED) is 0.634. The molecule has 1 atom stereocenters. The zero-order chi connectivity index (χ0) is 24.2. The second-order valence-electron chi connectivity index (χ2n) is 8.96. The number of hydrogen-bond donors (Lipinski definition) is 2. The molecule has 176 valence electrons. The first-order chi connectivity index (χ1) is 16.4. The number of nitriles is 1. The van der Waals surface area contributed by atoms with Crippen LogP contribution in [0.3, 0.4) is 0 Å². The van der Waals surface area contributed by atoms with Gasteiger partial charge in [0.15, 0.2) is 0 Å². The summed E-state index contributed by atoms with van der Waals surface area (Å²) in [4.78, 5) is 0. The van der Waals surface area contributed by atoms with E-state index in [2.05, 4.69) is 17.5 Å². The summed E-state index contributed by atoms with van der Waals surface area (Å²) in [6, 6.07) is 18.0. The van der Waals surface area contributed by atoms with Gasteiger partial charge in [0.2, 0.25) is 5.88 Å². The van der Waals surface area contributed by atoms with Crippen LogP contribution in [0.4, 0.5) is 0 Å². The lowest BCUT2D eigenvalue weighted by Crippen LogP contribution is -2.34. The number of para-hydroxylation sites is 2. The Balaban J connectivity index is 1.84. The lowest BCUT2D eigenvalue weighted by Gasteiger charge is -2.34. The summed E-state index contributed by atoms with van der Waals surface area (Å²) in [6.45, 7) is 9.18. The van der Waals surface area contributed by atoms with Crippen LogP contribution in [0.1, 0.15) is 44.7 Å². The summed E-state index contributed by atoms with van der Waals surface area (Å²) in [6.07, 6.45) is 2.12. The zero-order valence-electron chi connectivity index (χ0n) is 20.1. The molecule has 4 rings (SSSR count). The Morgan fingerprint density at radius 1 is 1.00 bits per heavy atom. The van der Waals surface area contributed by atoms with Crippen molar-refractivity contribution in [3.63, 3.8) is 0 Å². The third-order valence-electron chi connectivity index (χ3n) is 5.65. The molecule has 6 nitrogen and oxygen atoms in total. The monoisotopic (exact) mass is 457 g/mol. The highest BCUT2D eigenvalue weighted by molar-refractivity contribution is 5.66. The third-order valence-corrected chi connectivity index (χ3v) is 5.65. The van der Waals surface area contributed by atoms with E-state index in [4.69, 9.17) is 19.9 Å². The molecule has 0 spiro atoms. The Kier molecular flexibility index (Phi) is 6.95. The Hall–Kier alpha value is -3.69. The first-order valence-electron chi connectivity index (χ1n) is 11.6. The smallest absolute Gasteiger partial charge is 0.205 e. The molecule has 2 heterocycles. The molecule has 0 amide bonds. The van der Waals surface area contributed by atoms with Gasteiger partial charge in [-0.1, -0.05) is 36.4 Å². The largest absolute Gasteiger partial charge is 0.491 e. The van der Waals surface area contributed by atoms with E-state index in [9.17, 15) is 5.26 Å². The average molecular weight is 458 g/mol. The molecule has 2 aliphatic heterocycles. The summed E-state index contributed by atoms with van der Waals surface area (Å²) in [5.74, 6) is 2.02. The van der Waals surface area contributed by atoms with Crippen LogP contribution >= 0.6 is 0 Å². The first kappa shape index (κ1) is 23.5. The van der Waals surface area contributed by atoms with Gasteiger partial charge < -0.3 is 25.3 Å². The van der Waals surface area contributed by atoms with Crippen molar-refractivity contribution in [1.82, 2.24) is 5.32 Å². The summed E-state index contributed by atoms with van der Waals surface area (Å²) < 4.78 is 18.2. The fourth-order valence-electron chi connectivity index (χ4n) is 4.35. The normalized spacial score (nSPS) is 19.2. The number of allylic oxidation sites excluding steroid dienone is 1. The molecule has 1 unspecified atom stereocenters. The Bertz CT molecular complexity index is 1200. The maximum Gasteiger partial charge on any atom is 0.205 e. The first-order valence-corrected chi connectivity index (χ1v) is 11.6. The third kappa shape index (κ3) is 4.80. The molecule has 0 saturated carbocycles. The molecule has 0 bridgehead atoms. The number of hydrogen-bond acceptors (Lipinski definition) is 6. The number of nitrogens with one attached hydrogen (secondary N) is 1. The van der Waals surface area contributed by atoms with E-state index in [-0.39, 0.29) is 24.0 Å². The minimum absolute atomic E-state index is 0.00120. The van der Waals surface area contributed by atoms with E-state index in [0.29, 0.717) is 24.4 Å². The lowest BCUT2D eigenvalue weighted by atomic mass is 9.80. The molecular formula is C28H31N3O3. The van der Waals surface area contributed by atoms with Crippen molar-refractivity contribution in [1.29, 1.82) is 5.26 Å². The van der Waals surface area contributed by atoms with E-state index in [1.54, 1.807) is 0 Å². The topological polar surface area (TPSA) is 89.5 Å². The van der Waals surface area contributed by atoms with Crippen molar-refractivity contribution < 1.29 is 14.2 Å². The molecule has 3 N–H and O–H groups in total. The predicted molar refractivity (Wildman–Crippen MR) is 133 cm³/mol. The van der Waals surface area contributed by atoms with Gasteiger partial charge in [-0.25, -0.2) is 0 Å². The molecule has 2 aromatic rings. The van der Waals surface area contributed by atoms with Gasteiger partial charge in [-0.3, -0.25) is 0 Å². The van der Waals surface area contributed by atoms with Crippen LogP contribution in [0.15, 0.2) is 76.9 Å². The fourth-order valence-corrected chi connectivity index (χ4v) is 4.35. The highest BCUT2D eigenvalue weighted by atomic mass is 16.5. The highest BCUT2D eigenvalue weighted by Gasteiger charge is 2.37.